The molecule has 0 aromatic heterocycles. The van der Waals surface area contributed by atoms with Crippen molar-refractivity contribution in [3.63, 3.8) is 0 Å². The molecule has 2 aromatic rings. The molecule has 4 rings (SSSR count). The maximum Gasteiger partial charge on any atom is 0.0240 e. The molecule has 24 heavy (non-hydrogen) atoms. The molecule has 2 fully saturated rings. The van der Waals surface area contributed by atoms with Gasteiger partial charge in [-0.15, -0.1) is 0 Å². The third kappa shape index (κ3) is 3.50. The first-order chi connectivity index (χ1) is 11.8. The average molecular weight is 322 g/mol. The second-order valence-corrected chi connectivity index (χ2v) is 7.88. The molecule has 1 aliphatic heterocycles. The summed E-state index contributed by atoms with van der Waals surface area (Å²) >= 11 is 0. The Kier molecular flexibility index (Phi) is 4.86. The number of fused-ring (bicyclic) bond motifs is 1. The first-order valence-corrected chi connectivity index (χ1v) is 9.72. The molecule has 2 aromatic carbocycles. The van der Waals surface area contributed by atoms with Crippen molar-refractivity contribution in [1.29, 1.82) is 0 Å². The average Bonchev–Trinajstić information content (AvgIpc) is 2.63. The van der Waals surface area contributed by atoms with Gasteiger partial charge in [-0.25, -0.2) is 0 Å². The first kappa shape index (κ1) is 16.1. The normalized spacial score (nSPS) is 26.7. The Hall–Kier alpha value is -1.38. The molecule has 1 heterocycles. The Morgan fingerprint density at radius 3 is 2.54 bits per heavy atom. The van der Waals surface area contributed by atoms with E-state index in [0.717, 1.165) is 18.5 Å². The summed E-state index contributed by atoms with van der Waals surface area (Å²) in [5.74, 6) is 0.928. The van der Waals surface area contributed by atoms with Crippen molar-refractivity contribution < 1.29 is 0 Å². The summed E-state index contributed by atoms with van der Waals surface area (Å²) in [6, 6.07) is 16.4. The van der Waals surface area contributed by atoms with Crippen molar-refractivity contribution in [2.45, 2.75) is 45.2 Å². The van der Waals surface area contributed by atoms with Gasteiger partial charge >= 0.3 is 0 Å². The van der Waals surface area contributed by atoms with Gasteiger partial charge in [0.15, 0.2) is 0 Å². The minimum atomic E-state index is 0.855. The minimum absolute atomic E-state index is 0.855. The zero-order chi connectivity index (χ0) is 16.4. The fraction of sp³-hybridized carbons (Fsp3) is 0.545. The summed E-state index contributed by atoms with van der Waals surface area (Å²) in [5, 5.41) is 2.79. The summed E-state index contributed by atoms with van der Waals surface area (Å²) in [4.78, 5) is 5.42. The van der Waals surface area contributed by atoms with Crippen LogP contribution in [0, 0.1) is 5.92 Å². The Labute approximate surface area is 146 Å². The first-order valence-electron chi connectivity index (χ1n) is 9.72. The fourth-order valence-corrected chi connectivity index (χ4v) is 4.69. The Morgan fingerprint density at radius 1 is 0.917 bits per heavy atom. The number of piperazine rings is 1. The van der Waals surface area contributed by atoms with Crippen LogP contribution in [0.25, 0.3) is 10.8 Å². The van der Waals surface area contributed by atoms with E-state index in [1.807, 2.05) is 0 Å². The third-order valence-corrected chi connectivity index (χ3v) is 6.11. The molecule has 0 N–H and O–H groups in total. The van der Waals surface area contributed by atoms with Crippen LogP contribution < -0.4 is 0 Å². The second-order valence-electron chi connectivity index (χ2n) is 7.88. The van der Waals surface area contributed by atoms with Gasteiger partial charge in [0.1, 0.15) is 0 Å². The second kappa shape index (κ2) is 7.25. The molecule has 0 amide bonds. The Morgan fingerprint density at radius 2 is 1.71 bits per heavy atom. The van der Waals surface area contributed by atoms with Gasteiger partial charge in [-0.2, -0.15) is 0 Å². The van der Waals surface area contributed by atoms with Crippen molar-refractivity contribution in [1.82, 2.24) is 9.80 Å². The lowest BCUT2D eigenvalue weighted by Gasteiger charge is -2.42. The van der Waals surface area contributed by atoms with E-state index in [9.17, 15) is 0 Å². The predicted molar refractivity (Wildman–Crippen MR) is 102 cm³/mol. The molecule has 2 heteroatoms. The summed E-state index contributed by atoms with van der Waals surface area (Å²) < 4.78 is 0. The SMILES string of the molecule is C[C@H]1CCC[C@@H](N2CCN(Cc3cccc4ccccc34)CC2)C1. The predicted octanol–water partition coefficient (Wildman–Crippen LogP) is 4.54. The molecule has 1 aliphatic carbocycles. The molecule has 2 aliphatic rings. The van der Waals surface area contributed by atoms with E-state index in [2.05, 4.69) is 59.2 Å². The van der Waals surface area contributed by atoms with Crippen LogP contribution in [-0.2, 0) is 6.54 Å². The molecule has 0 spiro atoms. The van der Waals surface area contributed by atoms with E-state index >= 15 is 0 Å². The Bertz CT molecular complexity index is 667. The lowest BCUT2D eigenvalue weighted by atomic mass is 9.86. The standard InChI is InChI=1S/C22H30N2/c1-18-6-4-10-21(16-18)24-14-12-23(13-15-24)17-20-9-5-8-19-7-2-3-11-22(19)20/h2-3,5,7-9,11,18,21H,4,6,10,12-17H2,1H3/t18-,21+/m0/s1. The summed E-state index contributed by atoms with van der Waals surface area (Å²) in [7, 11) is 0. The molecule has 0 unspecified atom stereocenters. The molecule has 0 bridgehead atoms. The van der Waals surface area contributed by atoms with Crippen LogP contribution in [0.3, 0.4) is 0 Å². The van der Waals surface area contributed by atoms with Gasteiger partial charge in [-0.3, -0.25) is 9.80 Å². The number of rotatable bonds is 3. The molecule has 128 valence electrons. The van der Waals surface area contributed by atoms with Gasteiger partial charge in [0.25, 0.3) is 0 Å². The Balaban J connectivity index is 1.37. The van der Waals surface area contributed by atoms with E-state index in [0.29, 0.717) is 0 Å². The van der Waals surface area contributed by atoms with Gasteiger partial charge in [0.05, 0.1) is 0 Å². The summed E-state index contributed by atoms with van der Waals surface area (Å²) in [5.41, 5.74) is 1.48. The zero-order valence-electron chi connectivity index (χ0n) is 15.0. The molecule has 2 nitrogen and oxygen atoms in total. The van der Waals surface area contributed by atoms with Crippen LogP contribution in [0.15, 0.2) is 42.5 Å². The molecule has 1 saturated heterocycles. The topological polar surface area (TPSA) is 6.48 Å². The van der Waals surface area contributed by atoms with Gasteiger partial charge in [0.2, 0.25) is 0 Å². The summed E-state index contributed by atoms with van der Waals surface area (Å²) in [6.07, 6.45) is 5.72. The number of benzene rings is 2. The van der Waals surface area contributed by atoms with Gasteiger partial charge < -0.3 is 0 Å². The van der Waals surface area contributed by atoms with Crippen LogP contribution in [0.2, 0.25) is 0 Å². The largest absolute Gasteiger partial charge is 0.298 e. The van der Waals surface area contributed by atoms with Crippen molar-refractivity contribution in [3.05, 3.63) is 48.0 Å². The maximum atomic E-state index is 2.77. The van der Waals surface area contributed by atoms with E-state index in [1.54, 1.807) is 0 Å². The van der Waals surface area contributed by atoms with E-state index in [4.69, 9.17) is 0 Å². The van der Waals surface area contributed by atoms with Crippen LogP contribution in [0.4, 0.5) is 0 Å². The van der Waals surface area contributed by atoms with Crippen molar-refractivity contribution in [2.75, 3.05) is 26.2 Å². The fourth-order valence-electron chi connectivity index (χ4n) is 4.69. The van der Waals surface area contributed by atoms with Gasteiger partial charge in [-0.05, 0) is 35.1 Å². The monoisotopic (exact) mass is 322 g/mol. The molecule has 2 atom stereocenters. The van der Waals surface area contributed by atoms with Gasteiger partial charge in [0, 0.05) is 38.8 Å². The maximum absolute atomic E-state index is 2.77. The van der Waals surface area contributed by atoms with Crippen molar-refractivity contribution >= 4 is 10.8 Å². The number of hydrogen-bond donors (Lipinski definition) is 0. The molecular formula is C22H30N2. The van der Waals surface area contributed by atoms with Crippen molar-refractivity contribution in [3.8, 4) is 0 Å². The molecule has 1 saturated carbocycles. The number of nitrogens with zero attached hydrogens (tertiary/aromatic N) is 2. The number of hydrogen-bond acceptors (Lipinski definition) is 2. The molecule has 0 radical (unpaired) electrons. The van der Waals surface area contributed by atoms with E-state index in [-0.39, 0.29) is 0 Å². The van der Waals surface area contributed by atoms with Gasteiger partial charge in [-0.1, -0.05) is 62.2 Å². The summed E-state index contributed by atoms with van der Waals surface area (Å²) in [6.45, 7) is 8.46. The zero-order valence-corrected chi connectivity index (χ0v) is 15.0. The smallest absolute Gasteiger partial charge is 0.0240 e. The highest BCUT2D eigenvalue weighted by Crippen LogP contribution is 2.28. The molecular weight excluding hydrogens is 292 g/mol. The van der Waals surface area contributed by atoms with Crippen LogP contribution in [0.5, 0.6) is 0 Å². The highest BCUT2D eigenvalue weighted by Gasteiger charge is 2.27. The van der Waals surface area contributed by atoms with E-state index in [1.165, 1.54) is 68.2 Å². The quantitative estimate of drug-likeness (QED) is 0.819. The van der Waals surface area contributed by atoms with Crippen LogP contribution in [0.1, 0.15) is 38.2 Å². The highest BCUT2D eigenvalue weighted by molar-refractivity contribution is 5.85. The minimum Gasteiger partial charge on any atom is -0.298 e. The van der Waals surface area contributed by atoms with Crippen LogP contribution >= 0.6 is 0 Å². The third-order valence-electron chi connectivity index (χ3n) is 6.11. The van der Waals surface area contributed by atoms with Crippen LogP contribution in [-0.4, -0.2) is 42.0 Å². The lowest BCUT2D eigenvalue weighted by Crippen LogP contribution is -2.50. The highest BCUT2D eigenvalue weighted by atomic mass is 15.3. The van der Waals surface area contributed by atoms with Crippen molar-refractivity contribution in [2.24, 2.45) is 5.92 Å². The van der Waals surface area contributed by atoms with E-state index < -0.39 is 0 Å². The lowest BCUT2D eigenvalue weighted by molar-refractivity contribution is 0.0661.